The molecule has 3 aromatic rings. The number of ether oxygens (including phenoxy) is 1. The van der Waals surface area contributed by atoms with Gasteiger partial charge in [0.2, 0.25) is 0 Å². The number of benzene rings is 2. The maximum atomic E-state index is 13.1. The molecule has 2 aromatic carbocycles. The Bertz CT molecular complexity index is 1540. The van der Waals surface area contributed by atoms with Gasteiger partial charge in [0.1, 0.15) is 5.60 Å². The minimum absolute atomic E-state index is 0.0613. The van der Waals surface area contributed by atoms with E-state index in [1.165, 1.54) is 16.0 Å². The number of likely N-dealkylation sites (tertiary alicyclic amines) is 1. The number of nitrogens with zero attached hydrogens (tertiary/aromatic N) is 2. The van der Waals surface area contributed by atoms with Gasteiger partial charge in [-0.25, -0.2) is 8.42 Å². The van der Waals surface area contributed by atoms with E-state index in [4.69, 9.17) is 4.74 Å². The van der Waals surface area contributed by atoms with Gasteiger partial charge in [0.05, 0.1) is 33.8 Å². The zero-order chi connectivity index (χ0) is 28.5. The van der Waals surface area contributed by atoms with E-state index in [1.54, 1.807) is 42.5 Å². The molecule has 1 saturated heterocycles. The molecule has 2 aliphatic rings. The average molecular weight is 578 g/mol. The van der Waals surface area contributed by atoms with Crippen LogP contribution in [0.1, 0.15) is 67.7 Å². The number of thiophene rings is 1. The van der Waals surface area contributed by atoms with E-state index in [9.17, 15) is 18.5 Å². The summed E-state index contributed by atoms with van der Waals surface area (Å²) in [6.07, 6.45) is 2.56. The average Bonchev–Trinajstić information content (AvgIpc) is 3.41. The maximum Gasteiger partial charge on any atom is 0.261 e. The lowest BCUT2D eigenvalue weighted by Gasteiger charge is -2.44. The van der Waals surface area contributed by atoms with Crippen LogP contribution in [-0.2, 0) is 39.7 Å². The lowest BCUT2D eigenvalue weighted by Crippen LogP contribution is -2.45. The molecule has 7 nitrogen and oxygen atoms in total. The fraction of sp³-hybridized carbons (Fsp3) is 0.419. The summed E-state index contributed by atoms with van der Waals surface area (Å²) < 4.78 is 30.5. The number of hydrogen-bond acceptors (Lipinski definition) is 7. The molecule has 0 aliphatic carbocycles. The Balaban J connectivity index is 1.23. The predicted octanol–water partition coefficient (Wildman–Crippen LogP) is 5.02. The molecule has 0 bridgehead atoms. The van der Waals surface area contributed by atoms with Gasteiger partial charge in [-0.1, -0.05) is 19.1 Å². The first-order valence-corrected chi connectivity index (χ1v) is 16.2. The number of nitriles is 1. The first kappa shape index (κ1) is 28.5. The van der Waals surface area contributed by atoms with Crippen molar-refractivity contribution >= 4 is 27.1 Å². The van der Waals surface area contributed by atoms with Crippen LogP contribution in [0, 0.1) is 25.2 Å². The summed E-state index contributed by atoms with van der Waals surface area (Å²) in [6, 6.07) is 14.9. The summed E-state index contributed by atoms with van der Waals surface area (Å²) in [5.41, 5.74) is 6.03. The number of fused-ring (bicyclic) bond motifs is 2. The molecule has 2 aliphatic heterocycles. The molecule has 0 saturated carbocycles. The van der Waals surface area contributed by atoms with E-state index in [1.807, 2.05) is 18.2 Å². The Morgan fingerprint density at radius 2 is 1.80 bits per heavy atom. The van der Waals surface area contributed by atoms with Gasteiger partial charge in [-0.05, 0) is 91.3 Å². The molecule has 210 valence electrons. The minimum Gasteiger partial charge on any atom is -0.369 e. The largest absolute Gasteiger partial charge is 0.369 e. The first-order chi connectivity index (χ1) is 19.1. The highest BCUT2D eigenvalue weighted by Crippen LogP contribution is 2.45. The normalized spacial score (nSPS) is 16.9. The molecule has 0 radical (unpaired) electrons. The van der Waals surface area contributed by atoms with E-state index in [2.05, 4.69) is 30.1 Å². The van der Waals surface area contributed by atoms with E-state index in [-0.39, 0.29) is 17.3 Å². The van der Waals surface area contributed by atoms with Crippen LogP contribution in [0.5, 0.6) is 0 Å². The van der Waals surface area contributed by atoms with Crippen LogP contribution in [0.15, 0.2) is 47.4 Å². The Morgan fingerprint density at radius 3 is 2.42 bits per heavy atom. The standard InChI is InChI=1S/C31H35N3O4S2/c1-4-40(36,37)26-7-5-23(6-8-26)19-33-30(35)28-17-25-9-14-38-31(29(25)39-28)10-12-34(13-11-31)20-27-21(2)15-24(18-32)16-22(27)3/h5-8,15-17H,4,9-14,19-20H2,1-3H3,(H,33,35). The Kier molecular flexibility index (Phi) is 8.16. The van der Waals surface area contributed by atoms with Crippen LogP contribution in [0.4, 0.5) is 0 Å². The second-order valence-electron chi connectivity index (χ2n) is 10.8. The van der Waals surface area contributed by atoms with Gasteiger partial charge < -0.3 is 10.1 Å². The molecule has 40 heavy (non-hydrogen) atoms. The van der Waals surface area contributed by atoms with Crippen LogP contribution in [0.3, 0.4) is 0 Å². The first-order valence-electron chi connectivity index (χ1n) is 13.7. The molecule has 1 amide bonds. The number of piperidine rings is 1. The third-order valence-electron chi connectivity index (χ3n) is 8.18. The molecular formula is C31H35N3O4S2. The fourth-order valence-electron chi connectivity index (χ4n) is 5.76. The van der Waals surface area contributed by atoms with Crippen LogP contribution in [0.25, 0.3) is 0 Å². The summed E-state index contributed by atoms with van der Waals surface area (Å²) in [7, 11) is -3.24. The van der Waals surface area contributed by atoms with Crippen LogP contribution >= 0.6 is 11.3 Å². The third-order valence-corrected chi connectivity index (χ3v) is 11.3. The Labute approximate surface area is 240 Å². The zero-order valence-corrected chi connectivity index (χ0v) is 24.9. The Hall–Kier alpha value is -3.03. The van der Waals surface area contributed by atoms with Crippen LogP contribution in [0.2, 0.25) is 0 Å². The van der Waals surface area contributed by atoms with E-state index in [0.29, 0.717) is 28.5 Å². The summed E-state index contributed by atoms with van der Waals surface area (Å²) in [5, 5.41) is 12.3. The van der Waals surface area contributed by atoms with Gasteiger partial charge in [0.15, 0.2) is 9.84 Å². The fourth-order valence-corrected chi connectivity index (χ4v) is 7.97. The van der Waals surface area contributed by atoms with Gasteiger partial charge in [-0.2, -0.15) is 5.26 Å². The lowest BCUT2D eigenvalue weighted by atomic mass is 9.85. The number of carbonyl (C=O) groups excluding carboxylic acids is 1. The summed E-state index contributed by atoms with van der Waals surface area (Å²) in [5.74, 6) is -0.0599. The lowest BCUT2D eigenvalue weighted by molar-refractivity contribution is -0.0961. The minimum atomic E-state index is -3.24. The second-order valence-corrected chi connectivity index (χ2v) is 14.1. The molecule has 1 fully saturated rings. The van der Waals surface area contributed by atoms with Gasteiger partial charge in [-0.15, -0.1) is 11.3 Å². The molecule has 1 spiro atoms. The van der Waals surface area contributed by atoms with Crippen molar-refractivity contribution in [2.45, 2.75) is 63.6 Å². The van der Waals surface area contributed by atoms with Gasteiger partial charge in [0, 0.05) is 31.1 Å². The number of rotatable bonds is 7. The van der Waals surface area contributed by atoms with Crippen molar-refractivity contribution in [2.75, 3.05) is 25.4 Å². The third kappa shape index (κ3) is 5.72. The van der Waals surface area contributed by atoms with Crippen molar-refractivity contribution in [1.29, 1.82) is 5.26 Å². The van der Waals surface area contributed by atoms with Crippen molar-refractivity contribution in [3.05, 3.63) is 85.6 Å². The zero-order valence-electron chi connectivity index (χ0n) is 23.2. The van der Waals surface area contributed by atoms with Crippen LogP contribution in [-0.4, -0.2) is 44.7 Å². The highest BCUT2D eigenvalue weighted by atomic mass is 32.2. The number of sulfone groups is 1. The molecule has 9 heteroatoms. The SMILES string of the molecule is CCS(=O)(=O)c1ccc(CNC(=O)c2cc3c(s2)C2(CCN(Cc4c(C)cc(C#N)cc4C)CC2)OCC3)cc1. The smallest absolute Gasteiger partial charge is 0.261 e. The number of carbonyl (C=O) groups is 1. The van der Waals surface area contributed by atoms with Crippen molar-refractivity contribution in [3.8, 4) is 6.07 Å². The van der Waals surface area contributed by atoms with E-state index >= 15 is 0 Å². The molecule has 1 aromatic heterocycles. The summed E-state index contributed by atoms with van der Waals surface area (Å²) >= 11 is 1.54. The highest BCUT2D eigenvalue weighted by Gasteiger charge is 2.42. The summed E-state index contributed by atoms with van der Waals surface area (Å²) in [6.45, 7) is 9.44. The quantitative estimate of drug-likeness (QED) is 0.423. The molecule has 3 heterocycles. The predicted molar refractivity (Wildman–Crippen MR) is 156 cm³/mol. The number of hydrogen-bond donors (Lipinski definition) is 1. The number of aryl methyl sites for hydroxylation is 2. The molecule has 0 atom stereocenters. The Morgan fingerprint density at radius 1 is 1.12 bits per heavy atom. The topological polar surface area (TPSA) is 99.5 Å². The van der Waals surface area contributed by atoms with E-state index in [0.717, 1.165) is 55.6 Å². The van der Waals surface area contributed by atoms with Crippen molar-refractivity contribution in [1.82, 2.24) is 10.2 Å². The number of amides is 1. The second kappa shape index (κ2) is 11.5. The van der Waals surface area contributed by atoms with Gasteiger partial charge >= 0.3 is 0 Å². The van der Waals surface area contributed by atoms with Crippen molar-refractivity contribution < 1.29 is 17.9 Å². The molecular weight excluding hydrogens is 542 g/mol. The van der Waals surface area contributed by atoms with Gasteiger partial charge in [-0.3, -0.25) is 9.69 Å². The van der Waals surface area contributed by atoms with Crippen molar-refractivity contribution in [3.63, 3.8) is 0 Å². The molecule has 0 unspecified atom stereocenters. The monoisotopic (exact) mass is 577 g/mol. The van der Waals surface area contributed by atoms with E-state index < -0.39 is 9.84 Å². The van der Waals surface area contributed by atoms with Crippen molar-refractivity contribution in [2.24, 2.45) is 0 Å². The van der Waals surface area contributed by atoms with Gasteiger partial charge in [0.25, 0.3) is 5.91 Å². The highest BCUT2D eigenvalue weighted by molar-refractivity contribution is 7.91. The maximum absolute atomic E-state index is 13.1. The number of nitrogens with one attached hydrogen (secondary N) is 1. The summed E-state index contributed by atoms with van der Waals surface area (Å²) in [4.78, 5) is 17.7. The molecule has 5 rings (SSSR count). The van der Waals surface area contributed by atoms with Crippen LogP contribution < -0.4 is 5.32 Å². The molecule has 1 N–H and O–H groups in total.